The van der Waals surface area contributed by atoms with Crippen molar-refractivity contribution in [1.82, 2.24) is 15.1 Å². The van der Waals surface area contributed by atoms with E-state index in [1.165, 1.54) is 12.3 Å². The highest BCUT2D eigenvalue weighted by atomic mass is 19.4. The molecule has 2 heterocycles. The van der Waals surface area contributed by atoms with Crippen LogP contribution in [0, 0.1) is 5.92 Å². The highest BCUT2D eigenvalue weighted by Crippen LogP contribution is 2.29. The zero-order valence-corrected chi connectivity index (χ0v) is 13.3. The maximum absolute atomic E-state index is 12.7. The molecule has 4 N–H and O–H groups in total. The minimum Gasteiger partial charge on any atom is -0.369 e. The number of carbonyl (C=O) groups excluding carboxylic acids is 1. The first-order chi connectivity index (χ1) is 11.8. The lowest BCUT2D eigenvalue weighted by molar-refractivity contribution is -0.137. The number of nitrogens with one attached hydrogen (secondary N) is 2. The summed E-state index contributed by atoms with van der Waals surface area (Å²) >= 11 is 0. The number of halogens is 3. The van der Waals surface area contributed by atoms with Crippen LogP contribution in [0.1, 0.15) is 21.5 Å². The number of amides is 1. The van der Waals surface area contributed by atoms with Gasteiger partial charge in [0.1, 0.15) is 11.4 Å². The van der Waals surface area contributed by atoms with Crippen LogP contribution in [0.2, 0.25) is 0 Å². The quantitative estimate of drug-likeness (QED) is 0.766. The summed E-state index contributed by atoms with van der Waals surface area (Å²) in [6, 6.07) is 5.27. The number of fused-ring (bicyclic) bond motifs is 1. The molecule has 0 fully saturated rings. The third kappa shape index (κ3) is 3.93. The molecule has 0 bridgehead atoms. The van der Waals surface area contributed by atoms with Crippen LogP contribution in [0.25, 0.3) is 0 Å². The SMILES string of the molecule is NC(=O)c1cnn2c1NCC(CNCc1cccc(C(F)(F)F)c1)C2. The second-order valence-electron chi connectivity index (χ2n) is 6.03. The zero-order chi connectivity index (χ0) is 18.0. The molecule has 25 heavy (non-hydrogen) atoms. The summed E-state index contributed by atoms with van der Waals surface area (Å²) in [4.78, 5) is 11.3. The molecule has 134 valence electrons. The number of aromatic nitrogens is 2. The van der Waals surface area contributed by atoms with Gasteiger partial charge in [-0.2, -0.15) is 18.3 Å². The average molecular weight is 353 g/mol. The van der Waals surface area contributed by atoms with E-state index in [1.54, 1.807) is 10.7 Å². The molecule has 1 aliphatic rings. The first kappa shape index (κ1) is 17.3. The van der Waals surface area contributed by atoms with Crippen molar-refractivity contribution in [2.75, 3.05) is 18.4 Å². The topological polar surface area (TPSA) is 85.0 Å². The Kier molecular flexibility index (Phi) is 4.67. The van der Waals surface area contributed by atoms with Gasteiger partial charge in [-0.1, -0.05) is 18.2 Å². The summed E-state index contributed by atoms with van der Waals surface area (Å²) in [5.41, 5.74) is 5.57. The molecule has 2 aromatic rings. The van der Waals surface area contributed by atoms with Crippen LogP contribution in [0.4, 0.5) is 19.0 Å². The van der Waals surface area contributed by atoms with E-state index < -0.39 is 17.6 Å². The van der Waals surface area contributed by atoms with Crippen molar-refractivity contribution in [3.8, 4) is 0 Å². The van der Waals surface area contributed by atoms with Crippen LogP contribution in [-0.2, 0) is 19.3 Å². The molecule has 1 atom stereocenters. The summed E-state index contributed by atoms with van der Waals surface area (Å²) in [5, 5.41) is 10.4. The van der Waals surface area contributed by atoms with Gasteiger partial charge in [-0.15, -0.1) is 0 Å². The van der Waals surface area contributed by atoms with E-state index in [1.807, 2.05) is 0 Å². The normalized spacial score (nSPS) is 17.0. The van der Waals surface area contributed by atoms with Crippen molar-refractivity contribution in [3.63, 3.8) is 0 Å². The molecule has 1 aromatic heterocycles. The van der Waals surface area contributed by atoms with E-state index in [9.17, 15) is 18.0 Å². The summed E-state index contributed by atoms with van der Waals surface area (Å²) in [6.07, 6.45) is -2.90. The van der Waals surface area contributed by atoms with Crippen LogP contribution in [0.3, 0.4) is 0 Å². The van der Waals surface area contributed by atoms with E-state index in [0.717, 1.165) is 12.1 Å². The summed E-state index contributed by atoms with van der Waals surface area (Å²) < 4.78 is 39.8. The van der Waals surface area contributed by atoms with Crippen molar-refractivity contribution in [1.29, 1.82) is 0 Å². The minimum atomic E-state index is -4.34. The van der Waals surface area contributed by atoms with Gasteiger partial charge < -0.3 is 16.4 Å². The molecule has 1 unspecified atom stereocenters. The van der Waals surface area contributed by atoms with Gasteiger partial charge in [0.25, 0.3) is 5.91 Å². The predicted octanol–water partition coefficient (Wildman–Crippen LogP) is 1.83. The minimum absolute atomic E-state index is 0.193. The Labute approximate surface area is 142 Å². The number of hydrogen-bond donors (Lipinski definition) is 3. The third-order valence-electron chi connectivity index (χ3n) is 4.11. The molecule has 0 saturated carbocycles. The van der Waals surface area contributed by atoms with E-state index in [2.05, 4.69) is 15.7 Å². The molecule has 0 radical (unpaired) electrons. The van der Waals surface area contributed by atoms with Gasteiger partial charge in [-0.25, -0.2) is 4.68 Å². The molecule has 0 spiro atoms. The number of rotatable bonds is 5. The summed E-state index contributed by atoms with van der Waals surface area (Å²) in [6.45, 7) is 2.18. The maximum Gasteiger partial charge on any atom is 0.416 e. The van der Waals surface area contributed by atoms with Gasteiger partial charge in [-0.05, 0) is 11.6 Å². The van der Waals surface area contributed by atoms with Crippen LogP contribution in [-0.4, -0.2) is 28.8 Å². The first-order valence-corrected chi connectivity index (χ1v) is 7.81. The van der Waals surface area contributed by atoms with Crippen molar-refractivity contribution >= 4 is 11.7 Å². The molecular formula is C16H18F3N5O. The van der Waals surface area contributed by atoms with E-state index in [0.29, 0.717) is 43.1 Å². The molecule has 1 amide bonds. The monoisotopic (exact) mass is 353 g/mol. The van der Waals surface area contributed by atoms with Crippen molar-refractivity contribution in [3.05, 3.63) is 47.2 Å². The highest BCUT2D eigenvalue weighted by Gasteiger charge is 2.30. The van der Waals surface area contributed by atoms with Crippen molar-refractivity contribution in [2.45, 2.75) is 19.3 Å². The van der Waals surface area contributed by atoms with Gasteiger partial charge in [-0.3, -0.25) is 4.79 Å². The second kappa shape index (κ2) is 6.75. The van der Waals surface area contributed by atoms with E-state index >= 15 is 0 Å². The first-order valence-electron chi connectivity index (χ1n) is 7.81. The maximum atomic E-state index is 12.7. The number of alkyl halides is 3. The van der Waals surface area contributed by atoms with E-state index in [-0.39, 0.29) is 5.92 Å². The molecule has 0 aliphatic carbocycles. The third-order valence-corrected chi connectivity index (χ3v) is 4.11. The van der Waals surface area contributed by atoms with Gasteiger partial charge in [0.15, 0.2) is 0 Å². The Balaban J connectivity index is 1.54. The largest absolute Gasteiger partial charge is 0.416 e. The zero-order valence-electron chi connectivity index (χ0n) is 13.3. The molecule has 1 aromatic carbocycles. The Morgan fingerprint density at radius 1 is 1.44 bits per heavy atom. The van der Waals surface area contributed by atoms with Crippen LogP contribution in [0.5, 0.6) is 0 Å². The van der Waals surface area contributed by atoms with Gasteiger partial charge in [0.2, 0.25) is 0 Å². The van der Waals surface area contributed by atoms with Crippen LogP contribution >= 0.6 is 0 Å². The predicted molar refractivity (Wildman–Crippen MR) is 85.9 cm³/mol. The van der Waals surface area contributed by atoms with Crippen molar-refractivity contribution < 1.29 is 18.0 Å². The fourth-order valence-corrected chi connectivity index (χ4v) is 2.86. The lowest BCUT2D eigenvalue weighted by atomic mass is 10.1. The number of primary amides is 1. The fourth-order valence-electron chi connectivity index (χ4n) is 2.86. The standard InChI is InChI=1S/C16H18F3N5O/c17-16(18,19)12-3-1-2-10(4-12)5-21-6-11-7-22-15-13(14(20)25)8-23-24(15)9-11/h1-4,8,11,21-22H,5-7,9H2,(H2,20,25). The van der Waals surface area contributed by atoms with Gasteiger partial charge >= 0.3 is 6.18 Å². The number of nitrogens with two attached hydrogens (primary N) is 1. The molecular weight excluding hydrogens is 335 g/mol. The molecule has 6 nitrogen and oxygen atoms in total. The fraction of sp³-hybridized carbons (Fsp3) is 0.375. The summed E-state index contributed by atoms with van der Waals surface area (Å²) in [7, 11) is 0. The van der Waals surface area contributed by atoms with E-state index in [4.69, 9.17) is 5.73 Å². The van der Waals surface area contributed by atoms with Gasteiger partial charge in [0.05, 0.1) is 11.8 Å². The number of anilines is 1. The van der Waals surface area contributed by atoms with Crippen molar-refractivity contribution in [2.24, 2.45) is 11.7 Å². The van der Waals surface area contributed by atoms with Crippen LogP contribution < -0.4 is 16.4 Å². The molecule has 0 saturated heterocycles. The van der Waals surface area contributed by atoms with Crippen LogP contribution in [0.15, 0.2) is 30.5 Å². The Morgan fingerprint density at radius 2 is 2.24 bits per heavy atom. The van der Waals surface area contributed by atoms with Gasteiger partial charge in [0, 0.05) is 32.1 Å². The number of hydrogen-bond acceptors (Lipinski definition) is 4. The average Bonchev–Trinajstić information content (AvgIpc) is 2.98. The lowest BCUT2D eigenvalue weighted by Crippen LogP contribution is -2.35. The smallest absolute Gasteiger partial charge is 0.369 e. The lowest BCUT2D eigenvalue weighted by Gasteiger charge is -2.25. The number of nitrogens with zero attached hydrogens (tertiary/aromatic N) is 2. The number of benzene rings is 1. The molecule has 9 heteroatoms. The summed E-state index contributed by atoms with van der Waals surface area (Å²) in [5.74, 6) is 0.274. The molecule has 3 rings (SSSR count). The second-order valence-corrected chi connectivity index (χ2v) is 6.03. The Bertz CT molecular complexity index is 771. The Hall–Kier alpha value is -2.55. The Morgan fingerprint density at radius 3 is 2.96 bits per heavy atom. The number of carbonyl (C=O) groups is 1. The molecule has 1 aliphatic heterocycles. The highest BCUT2D eigenvalue weighted by molar-refractivity contribution is 5.97.